The van der Waals surface area contributed by atoms with Crippen LogP contribution < -0.4 is 31.7 Å². The van der Waals surface area contributed by atoms with Crippen molar-refractivity contribution in [2.75, 3.05) is 31.5 Å². The third-order valence-corrected chi connectivity index (χ3v) is 4.19. The molecule has 0 unspecified atom stereocenters. The molecule has 5 N–H and O–H groups in total. The molecule has 0 spiro atoms. The molecule has 0 fully saturated rings. The fraction of sp³-hybridized carbons (Fsp3) is 0.333. The molecule has 2 rings (SSSR count). The maximum atomic E-state index is 12.1. The molecular formula is C18H26N5O2+. The van der Waals surface area contributed by atoms with Crippen molar-refractivity contribution in [3.63, 3.8) is 0 Å². The highest BCUT2D eigenvalue weighted by Gasteiger charge is 2.07. The Balaban J connectivity index is 1.93. The van der Waals surface area contributed by atoms with Gasteiger partial charge in [0.1, 0.15) is 0 Å². The zero-order valence-corrected chi connectivity index (χ0v) is 14.7. The zero-order chi connectivity index (χ0) is 18.2. The van der Waals surface area contributed by atoms with Crippen LogP contribution in [0.15, 0.2) is 29.1 Å². The number of nitrogens with one attached hydrogen (secondary N) is 5. The summed E-state index contributed by atoms with van der Waals surface area (Å²) < 4.78 is 0. The number of likely N-dealkylation sites (N-methyl/N-ethyl adjacent to an activating group) is 1. The first-order chi connectivity index (χ1) is 12.0. The topological polar surface area (TPSA) is 94.2 Å². The number of carbonyl (C=O) groups is 1. The van der Waals surface area contributed by atoms with E-state index in [-0.39, 0.29) is 11.5 Å². The van der Waals surface area contributed by atoms with Gasteiger partial charge in [-0.1, -0.05) is 6.58 Å². The number of amides is 1. The Kier molecular flexibility index (Phi) is 6.59. The number of hydrogen-bond donors (Lipinski definition) is 5. The summed E-state index contributed by atoms with van der Waals surface area (Å²) in [5, 5.41) is 12.1. The van der Waals surface area contributed by atoms with E-state index in [0.717, 1.165) is 25.3 Å². The van der Waals surface area contributed by atoms with Gasteiger partial charge in [-0.15, -0.1) is 0 Å². The van der Waals surface area contributed by atoms with E-state index in [1.165, 1.54) is 4.90 Å². The highest BCUT2D eigenvalue weighted by Crippen LogP contribution is 2.09. The number of hydrogen-bond acceptors (Lipinski definition) is 3. The number of rotatable bonds is 8. The van der Waals surface area contributed by atoms with Crippen LogP contribution in [0.25, 0.3) is 12.8 Å². The molecule has 0 atom stereocenters. The van der Waals surface area contributed by atoms with Crippen LogP contribution in [0.1, 0.15) is 24.2 Å². The van der Waals surface area contributed by atoms with Crippen LogP contribution in [-0.2, 0) is 0 Å². The average molecular weight is 344 g/mol. The average Bonchev–Trinajstić information content (AvgIpc) is 2.95. The van der Waals surface area contributed by atoms with Crippen LogP contribution >= 0.6 is 0 Å². The minimum atomic E-state index is -0.233. The Morgan fingerprint density at radius 2 is 1.88 bits per heavy atom. The van der Waals surface area contributed by atoms with Gasteiger partial charge >= 0.3 is 0 Å². The Hall–Kier alpha value is -2.80. The van der Waals surface area contributed by atoms with E-state index in [9.17, 15) is 9.59 Å². The van der Waals surface area contributed by atoms with E-state index in [0.29, 0.717) is 22.7 Å². The van der Waals surface area contributed by atoms with Crippen molar-refractivity contribution in [3.8, 4) is 0 Å². The number of benzene rings is 1. The summed E-state index contributed by atoms with van der Waals surface area (Å²) in [6.07, 6.45) is 1.58. The molecular weight excluding hydrogens is 318 g/mol. The lowest BCUT2D eigenvalue weighted by Crippen LogP contribution is -3.12. The molecule has 1 amide bonds. The fourth-order valence-electron chi connectivity index (χ4n) is 2.49. The van der Waals surface area contributed by atoms with Crippen LogP contribution in [0.2, 0.25) is 0 Å². The first-order valence-corrected chi connectivity index (χ1v) is 8.49. The molecule has 1 heterocycles. The van der Waals surface area contributed by atoms with Crippen molar-refractivity contribution in [3.05, 3.63) is 50.8 Å². The predicted octanol–water partition coefficient (Wildman–Crippen LogP) is -1.38. The Morgan fingerprint density at radius 3 is 2.44 bits per heavy atom. The summed E-state index contributed by atoms with van der Waals surface area (Å²) in [6.45, 7) is 11.7. The molecule has 1 aromatic carbocycles. The van der Waals surface area contributed by atoms with Gasteiger partial charge in [0.05, 0.1) is 36.7 Å². The van der Waals surface area contributed by atoms with Gasteiger partial charge in [0.25, 0.3) is 11.5 Å². The fourth-order valence-corrected chi connectivity index (χ4v) is 2.49. The van der Waals surface area contributed by atoms with E-state index in [1.807, 2.05) is 0 Å². The Morgan fingerprint density at radius 1 is 1.20 bits per heavy atom. The molecule has 0 radical (unpaired) electrons. The van der Waals surface area contributed by atoms with Gasteiger partial charge in [-0.2, -0.15) is 0 Å². The second-order valence-electron chi connectivity index (χ2n) is 5.80. The van der Waals surface area contributed by atoms with Crippen molar-refractivity contribution < 1.29 is 9.69 Å². The summed E-state index contributed by atoms with van der Waals surface area (Å²) in [5.41, 5.74) is 1.16. The third-order valence-electron chi connectivity index (χ3n) is 4.19. The third kappa shape index (κ3) is 5.09. The van der Waals surface area contributed by atoms with Crippen molar-refractivity contribution >= 4 is 24.4 Å². The van der Waals surface area contributed by atoms with Crippen molar-refractivity contribution in [1.29, 1.82) is 0 Å². The summed E-state index contributed by atoms with van der Waals surface area (Å²) in [4.78, 5) is 25.1. The van der Waals surface area contributed by atoms with Gasteiger partial charge < -0.3 is 15.5 Å². The number of H-pyrrole nitrogens is 2. The number of anilines is 1. The zero-order valence-electron chi connectivity index (χ0n) is 14.7. The van der Waals surface area contributed by atoms with Crippen molar-refractivity contribution in [2.45, 2.75) is 13.8 Å². The van der Waals surface area contributed by atoms with Crippen molar-refractivity contribution in [1.82, 2.24) is 15.5 Å². The molecule has 7 nitrogen and oxygen atoms in total. The molecule has 0 saturated carbocycles. The lowest BCUT2D eigenvalue weighted by atomic mass is 10.2. The maximum Gasteiger partial charge on any atom is 0.273 e. The molecule has 2 aromatic rings. The smallest absolute Gasteiger partial charge is 0.273 e. The molecule has 134 valence electrons. The van der Waals surface area contributed by atoms with Crippen LogP contribution in [0.4, 0.5) is 5.69 Å². The summed E-state index contributed by atoms with van der Waals surface area (Å²) in [5.74, 6) is -0.0794. The highest BCUT2D eigenvalue weighted by molar-refractivity contribution is 5.94. The molecule has 0 bridgehead atoms. The van der Waals surface area contributed by atoms with E-state index < -0.39 is 0 Å². The lowest BCUT2D eigenvalue weighted by molar-refractivity contribution is -0.895. The summed E-state index contributed by atoms with van der Waals surface area (Å²) in [6, 6.07) is 7.10. The first kappa shape index (κ1) is 18.5. The maximum absolute atomic E-state index is 12.1. The number of aromatic nitrogens is 2. The van der Waals surface area contributed by atoms with Gasteiger partial charge in [-0.3, -0.25) is 19.8 Å². The first-order valence-electron chi connectivity index (χ1n) is 8.49. The number of carbonyl (C=O) groups excluding carboxylic acids is 1. The molecule has 0 saturated heterocycles. The highest BCUT2D eigenvalue weighted by atomic mass is 16.1. The SMILES string of the molecule is C=c1[nH][nH]c(=O)/c1=C\Nc1ccc(C(=O)NCC[NH+](CC)CC)cc1. The monoisotopic (exact) mass is 344 g/mol. The summed E-state index contributed by atoms with van der Waals surface area (Å²) >= 11 is 0. The second kappa shape index (κ2) is 8.89. The second-order valence-corrected chi connectivity index (χ2v) is 5.80. The molecule has 1 aromatic heterocycles. The van der Waals surface area contributed by atoms with Gasteiger partial charge in [0, 0.05) is 17.5 Å². The largest absolute Gasteiger partial charge is 0.361 e. The van der Waals surface area contributed by atoms with Gasteiger partial charge in [-0.25, -0.2) is 0 Å². The van der Waals surface area contributed by atoms with Crippen LogP contribution in [0.5, 0.6) is 0 Å². The lowest BCUT2D eigenvalue weighted by Gasteiger charge is -2.15. The van der Waals surface area contributed by atoms with E-state index in [4.69, 9.17) is 0 Å². The number of quaternary nitrogens is 1. The number of aromatic amines is 2. The minimum Gasteiger partial charge on any atom is -0.361 e. The van der Waals surface area contributed by atoms with Gasteiger partial charge in [0.15, 0.2) is 0 Å². The minimum absolute atomic E-state index is 0.0794. The molecule has 0 aliphatic heterocycles. The standard InChI is InChI=1S/C18H25N5O2/c1-4-23(5-2)11-10-19-17(24)14-6-8-15(9-7-14)20-12-16-13(3)21-22-18(16)25/h6-9,12,20-21H,3-5,10-11H2,1-2H3,(H,19,24)(H,22,25)/p+1/b16-12-. The Bertz CT molecular complexity index is 816. The summed E-state index contributed by atoms with van der Waals surface area (Å²) in [7, 11) is 0. The van der Waals surface area contributed by atoms with Crippen molar-refractivity contribution in [2.24, 2.45) is 0 Å². The van der Waals surface area contributed by atoms with Crippen LogP contribution in [-0.4, -0.2) is 42.3 Å². The normalized spacial score (nSPS) is 11.7. The quantitative estimate of drug-likeness (QED) is 0.408. The van der Waals surface area contributed by atoms with Crippen LogP contribution in [0.3, 0.4) is 0 Å². The van der Waals surface area contributed by atoms with Crippen LogP contribution in [0, 0.1) is 0 Å². The van der Waals surface area contributed by atoms with Gasteiger partial charge in [0.2, 0.25) is 0 Å². The molecule has 0 aliphatic carbocycles. The molecule has 25 heavy (non-hydrogen) atoms. The predicted molar refractivity (Wildman–Crippen MR) is 100.0 cm³/mol. The van der Waals surface area contributed by atoms with Gasteiger partial charge in [-0.05, 0) is 38.1 Å². The molecule has 7 heteroatoms. The van der Waals surface area contributed by atoms with E-state index in [2.05, 4.69) is 41.3 Å². The Labute approximate surface area is 146 Å². The molecule has 0 aliphatic rings. The van der Waals surface area contributed by atoms with E-state index in [1.54, 1.807) is 30.5 Å². The van der Waals surface area contributed by atoms with E-state index >= 15 is 0 Å².